The number of hydrogen-bond acceptors (Lipinski definition) is 5. The van der Waals surface area contributed by atoms with E-state index in [1.165, 1.54) is 7.11 Å². The van der Waals surface area contributed by atoms with Crippen LogP contribution in [0.15, 0.2) is 71.6 Å². The van der Waals surface area contributed by atoms with Crippen molar-refractivity contribution < 1.29 is 19.0 Å². The summed E-state index contributed by atoms with van der Waals surface area (Å²) in [6, 6.07) is 15.5. The Morgan fingerprint density at radius 3 is 2.61 bits per heavy atom. The molecule has 0 aromatic heterocycles. The standard InChI is InChI=1S/C23H25NO4/c1-15-12-20(22(16(2)24-15)23(25)27-4)19-10-5-6-11-21(19)28-14-17-8-7-9-18(13-17)26-3/h5-13,20,24H,14H2,1-4H3. The maximum Gasteiger partial charge on any atom is 0.336 e. The van der Waals surface area contributed by atoms with Gasteiger partial charge < -0.3 is 19.5 Å². The Balaban J connectivity index is 1.92. The number of allylic oxidation sites excluding steroid dienone is 3. The third kappa shape index (κ3) is 4.19. The first-order valence-corrected chi connectivity index (χ1v) is 9.12. The first-order valence-electron chi connectivity index (χ1n) is 9.12. The molecule has 3 rings (SSSR count). The highest BCUT2D eigenvalue weighted by molar-refractivity contribution is 5.92. The monoisotopic (exact) mass is 379 g/mol. The SMILES string of the molecule is COC(=O)C1=C(C)NC(C)=CC1c1ccccc1OCc1cccc(OC)c1. The van der Waals surface area contributed by atoms with Gasteiger partial charge in [0.2, 0.25) is 0 Å². The van der Waals surface area contributed by atoms with Gasteiger partial charge in [-0.15, -0.1) is 0 Å². The lowest BCUT2D eigenvalue weighted by Gasteiger charge is -2.26. The van der Waals surface area contributed by atoms with E-state index in [0.717, 1.165) is 34.0 Å². The Kier molecular flexibility index (Phi) is 6.04. The first kappa shape index (κ1) is 19.5. The molecule has 0 bridgehead atoms. The third-order valence-electron chi connectivity index (χ3n) is 4.70. The van der Waals surface area contributed by atoms with Gasteiger partial charge in [0, 0.05) is 22.9 Å². The molecule has 0 amide bonds. The lowest BCUT2D eigenvalue weighted by molar-refractivity contribution is -0.136. The van der Waals surface area contributed by atoms with E-state index >= 15 is 0 Å². The van der Waals surface area contributed by atoms with E-state index in [0.29, 0.717) is 12.2 Å². The number of para-hydroxylation sites is 1. The summed E-state index contributed by atoms with van der Waals surface area (Å²) in [5.74, 6) is 0.935. The molecule has 28 heavy (non-hydrogen) atoms. The number of hydrogen-bond donors (Lipinski definition) is 1. The summed E-state index contributed by atoms with van der Waals surface area (Å²) in [6.45, 7) is 4.26. The Labute approximate surface area is 165 Å². The maximum absolute atomic E-state index is 12.4. The van der Waals surface area contributed by atoms with Crippen LogP contribution in [-0.2, 0) is 16.1 Å². The summed E-state index contributed by atoms with van der Waals surface area (Å²) in [6.07, 6.45) is 2.02. The van der Waals surface area contributed by atoms with Gasteiger partial charge in [0.05, 0.1) is 19.8 Å². The van der Waals surface area contributed by atoms with Crippen LogP contribution in [0, 0.1) is 0 Å². The molecule has 0 fully saturated rings. The number of benzene rings is 2. The summed E-state index contributed by atoms with van der Waals surface area (Å²) in [7, 11) is 3.04. The number of rotatable bonds is 6. The van der Waals surface area contributed by atoms with E-state index in [9.17, 15) is 4.79 Å². The van der Waals surface area contributed by atoms with Crippen LogP contribution in [0.2, 0.25) is 0 Å². The normalized spacial score (nSPS) is 16.1. The van der Waals surface area contributed by atoms with Gasteiger partial charge in [0.1, 0.15) is 18.1 Å². The number of carbonyl (C=O) groups is 1. The van der Waals surface area contributed by atoms with Gasteiger partial charge in [-0.2, -0.15) is 0 Å². The Morgan fingerprint density at radius 1 is 1.07 bits per heavy atom. The van der Waals surface area contributed by atoms with Crippen molar-refractivity contribution >= 4 is 5.97 Å². The Morgan fingerprint density at radius 2 is 1.86 bits per heavy atom. The van der Waals surface area contributed by atoms with Crippen molar-refractivity contribution in [3.63, 3.8) is 0 Å². The molecule has 0 spiro atoms. The molecule has 5 heteroatoms. The fourth-order valence-electron chi connectivity index (χ4n) is 3.40. The second-order valence-corrected chi connectivity index (χ2v) is 6.66. The summed E-state index contributed by atoms with van der Waals surface area (Å²) in [5, 5.41) is 3.22. The van der Waals surface area contributed by atoms with Crippen LogP contribution in [0.1, 0.15) is 30.9 Å². The lowest BCUT2D eigenvalue weighted by atomic mass is 9.86. The highest BCUT2D eigenvalue weighted by Crippen LogP contribution is 2.37. The second kappa shape index (κ2) is 8.65. The lowest BCUT2D eigenvalue weighted by Crippen LogP contribution is -2.25. The predicted molar refractivity (Wildman–Crippen MR) is 108 cm³/mol. The van der Waals surface area contributed by atoms with Crippen molar-refractivity contribution in [1.82, 2.24) is 5.32 Å². The maximum atomic E-state index is 12.4. The van der Waals surface area contributed by atoms with Crippen molar-refractivity contribution in [2.75, 3.05) is 14.2 Å². The van der Waals surface area contributed by atoms with Crippen LogP contribution >= 0.6 is 0 Å². The zero-order chi connectivity index (χ0) is 20.1. The van der Waals surface area contributed by atoms with E-state index in [1.807, 2.05) is 68.5 Å². The van der Waals surface area contributed by atoms with Gasteiger partial charge in [0.15, 0.2) is 0 Å². The number of methoxy groups -OCH3 is 2. The van der Waals surface area contributed by atoms with E-state index in [-0.39, 0.29) is 11.9 Å². The van der Waals surface area contributed by atoms with Crippen molar-refractivity contribution in [2.45, 2.75) is 26.4 Å². The highest BCUT2D eigenvalue weighted by atomic mass is 16.5. The second-order valence-electron chi connectivity index (χ2n) is 6.66. The van der Waals surface area contributed by atoms with E-state index in [1.54, 1.807) is 7.11 Å². The molecule has 1 aliphatic rings. The Bertz CT molecular complexity index is 930. The predicted octanol–water partition coefficient (Wildman–Crippen LogP) is 4.31. The minimum Gasteiger partial charge on any atom is -0.497 e. The molecule has 0 saturated carbocycles. The van der Waals surface area contributed by atoms with Crippen molar-refractivity contribution in [3.8, 4) is 11.5 Å². The molecule has 1 heterocycles. The topological polar surface area (TPSA) is 56.8 Å². The largest absolute Gasteiger partial charge is 0.497 e. The molecule has 0 radical (unpaired) electrons. The van der Waals surface area contributed by atoms with E-state index in [2.05, 4.69) is 5.32 Å². The summed E-state index contributed by atoms with van der Waals surface area (Å²) < 4.78 is 16.4. The van der Waals surface area contributed by atoms with Gasteiger partial charge in [-0.05, 0) is 37.6 Å². The van der Waals surface area contributed by atoms with Crippen molar-refractivity contribution in [1.29, 1.82) is 0 Å². The van der Waals surface area contributed by atoms with E-state index < -0.39 is 0 Å². The van der Waals surface area contributed by atoms with Gasteiger partial charge in [-0.25, -0.2) is 4.79 Å². The first-order chi connectivity index (χ1) is 13.5. The van der Waals surface area contributed by atoms with Crippen LogP contribution in [-0.4, -0.2) is 20.2 Å². The molecule has 2 aromatic rings. The quantitative estimate of drug-likeness (QED) is 0.758. The number of nitrogens with one attached hydrogen (secondary N) is 1. The van der Waals surface area contributed by atoms with Gasteiger partial charge in [-0.3, -0.25) is 0 Å². The molecule has 1 unspecified atom stereocenters. The molecule has 0 aliphatic carbocycles. The third-order valence-corrected chi connectivity index (χ3v) is 4.70. The van der Waals surface area contributed by atoms with E-state index in [4.69, 9.17) is 14.2 Å². The number of dihydropyridines is 1. The highest BCUT2D eigenvalue weighted by Gasteiger charge is 2.29. The number of ether oxygens (including phenoxy) is 3. The van der Waals surface area contributed by atoms with Crippen LogP contribution in [0.4, 0.5) is 0 Å². The van der Waals surface area contributed by atoms with Gasteiger partial charge >= 0.3 is 5.97 Å². The van der Waals surface area contributed by atoms with Gasteiger partial charge in [0.25, 0.3) is 0 Å². The zero-order valence-electron chi connectivity index (χ0n) is 16.6. The van der Waals surface area contributed by atoms with Crippen LogP contribution in [0.25, 0.3) is 0 Å². The fraction of sp³-hybridized carbons (Fsp3) is 0.261. The molecular weight excluding hydrogens is 354 g/mol. The molecule has 1 N–H and O–H groups in total. The summed E-state index contributed by atoms with van der Waals surface area (Å²) in [4.78, 5) is 12.4. The average Bonchev–Trinajstić information content (AvgIpc) is 2.71. The summed E-state index contributed by atoms with van der Waals surface area (Å²) in [5.41, 5.74) is 4.29. The molecular formula is C23H25NO4. The zero-order valence-corrected chi connectivity index (χ0v) is 16.6. The van der Waals surface area contributed by atoms with Crippen LogP contribution in [0.3, 0.4) is 0 Å². The van der Waals surface area contributed by atoms with Crippen molar-refractivity contribution in [3.05, 3.63) is 82.7 Å². The number of carbonyl (C=O) groups excluding carboxylic acids is 1. The molecule has 146 valence electrons. The minimum atomic E-state index is -0.346. The minimum absolute atomic E-state index is 0.241. The smallest absolute Gasteiger partial charge is 0.336 e. The Hall–Kier alpha value is -3.21. The molecule has 0 saturated heterocycles. The van der Waals surface area contributed by atoms with Crippen molar-refractivity contribution in [2.24, 2.45) is 0 Å². The van der Waals surface area contributed by atoms with Crippen LogP contribution in [0.5, 0.6) is 11.5 Å². The summed E-state index contributed by atoms with van der Waals surface area (Å²) >= 11 is 0. The molecule has 5 nitrogen and oxygen atoms in total. The number of esters is 1. The van der Waals surface area contributed by atoms with Crippen LogP contribution < -0.4 is 14.8 Å². The average molecular weight is 379 g/mol. The molecule has 1 atom stereocenters. The molecule has 1 aliphatic heterocycles. The fourth-order valence-corrected chi connectivity index (χ4v) is 3.40. The van der Waals surface area contributed by atoms with Gasteiger partial charge in [-0.1, -0.05) is 36.4 Å². The molecule has 2 aromatic carbocycles.